The summed E-state index contributed by atoms with van der Waals surface area (Å²) >= 11 is 0. The van der Waals surface area contributed by atoms with Crippen molar-refractivity contribution in [1.29, 1.82) is 0 Å². The van der Waals surface area contributed by atoms with Gasteiger partial charge < -0.3 is 5.32 Å². The molecule has 0 spiro atoms. The van der Waals surface area contributed by atoms with Gasteiger partial charge in [-0.2, -0.15) is 18.3 Å². The van der Waals surface area contributed by atoms with Crippen molar-refractivity contribution in [1.82, 2.24) is 15.1 Å². The van der Waals surface area contributed by atoms with Crippen LogP contribution in [0.5, 0.6) is 0 Å². The third-order valence-corrected chi connectivity index (χ3v) is 4.96. The molecule has 5 nitrogen and oxygen atoms in total. The average Bonchev–Trinajstić information content (AvgIpc) is 2.63. The number of rotatable bonds is 4. The minimum atomic E-state index is -4.49. The first-order valence-corrected chi connectivity index (χ1v) is 9.20. The molecule has 27 heavy (non-hydrogen) atoms. The van der Waals surface area contributed by atoms with E-state index in [2.05, 4.69) is 10.4 Å². The third-order valence-electron chi connectivity index (χ3n) is 4.96. The van der Waals surface area contributed by atoms with Gasteiger partial charge in [-0.3, -0.25) is 9.59 Å². The van der Waals surface area contributed by atoms with Crippen LogP contribution in [-0.4, -0.2) is 21.7 Å². The molecule has 1 aromatic carbocycles. The lowest BCUT2D eigenvalue weighted by Crippen LogP contribution is -2.40. The summed E-state index contributed by atoms with van der Waals surface area (Å²) in [5.74, 6) is -0.301. The number of aryl methyl sites for hydroxylation is 1. The fourth-order valence-electron chi connectivity index (χ4n) is 3.55. The number of aromatic nitrogens is 2. The molecule has 0 radical (unpaired) electrons. The molecule has 146 valence electrons. The van der Waals surface area contributed by atoms with Gasteiger partial charge in [-0.05, 0) is 37.5 Å². The van der Waals surface area contributed by atoms with Crippen LogP contribution in [0.15, 0.2) is 23.0 Å². The van der Waals surface area contributed by atoms with E-state index in [9.17, 15) is 22.8 Å². The molecular weight excluding hydrogens is 359 g/mol. The van der Waals surface area contributed by atoms with E-state index < -0.39 is 17.3 Å². The molecule has 0 unspecified atom stereocenters. The van der Waals surface area contributed by atoms with E-state index in [1.165, 1.54) is 0 Å². The van der Waals surface area contributed by atoms with Crippen molar-refractivity contribution in [2.45, 2.75) is 64.2 Å². The van der Waals surface area contributed by atoms with E-state index in [4.69, 9.17) is 0 Å². The van der Waals surface area contributed by atoms with Gasteiger partial charge in [0.2, 0.25) is 5.91 Å². The molecule has 1 fully saturated rings. The second-order valence-electron chi connectivity index (χ2n) is 6.92. The van der Waals surface area contributed by atoms with E-state index in [0.717, 1.165) is 55.0 Å². The maximum Gasteiger partial charge on any atom is 0.416 e. The van der Waals surface area contributed by atoms with Crippen molar-refractivity contribution >= 4 is 16.7 Å². The molecule has 1 aromatic heterocycles. The molecule has 0 saturated heterocycles. The number of carbonyl (C=O) groups excluding carboxylic acids is 1. The van der Waals surface area contributed by atoms with Crippen LogP contribution >= 0.6 is 0 Å². The third kappa shape index (κ3) is 4.31. The predicted molar refractivity (Wildman–Crippen MR) is 95.4 cm³/mol. The van der Waals surface area contributed by atoms with E-state index in [1.807, 2.05) is 0 Å². The maximum absolute atomic E-state index is 13.0. The standard InChI is InChI=1S/C19H22F3N3O2/c1-2-16-15-10-12(19(20,21)22)8-9-14(15)18(27)25(24-16)11-17(26)23-13-6-4-3-5-7-13/h8-10,13H,2-7,11H2,1H3,(H,23,26). The van der Waals surface area contributed by atoms with E-state index >= 15 is 0 Å². The molecular formula is C19H22F3N3O2. The molecule has 1 aliphatic rings. The molecule has 2 aromatic rings. The van der Waals surface area contributed by atoms with Crippen LogP contribution in [0.25, 0.3) is 10.8 Å². The molecule has 8 heteroatoms. The number of nitrogens with one attached hydrogen (secondary N) is 1. The highest BCUT2D eigenvalue weighted by molar-refractivity contribution is 5.85. The van der Waals surface area contributed by atoms with Crippen LogP contribution in [0.4, 0.5) is 13.2 Å². The normalized spacial score (nSPS) is 15.9. The summed E-state index contributed by atoms with van der Waals surface area (Å²) in [7, 11) is 0. The van der Waals surface area contributed by atoms with Crippen LogP contribution in [-0.2, 0) is 23.9 Å². The Labute approximate surface area is 154 Å². The minimum Gasteiger partial charge on any atom is -0.352 e. The number of fused-ring (bicyclic) bond motifs is 1. The first kappa shape index (κ1) is 19.4. The summed E-state index contributed by atoms with van der Waals surface area (Å²) in [5, 5.41) is 7.39. The van der Waals surface area contributed by atoms with Crippen molar-refractivity contribution in [3.8, 4) is 0 Å². The molecule has 0 atom stereocenters. The van der Waals surface area contributed by atoms with Gasteiger partial charge in [0.25, 0.3) is 5.56 Å². The van der Waals surface area contributed by atoms with Gasteiger partial charge in [0.05, 0.1) is 16.6 Å². The molecule has 1 N–H and O–H groups in total. The van der Waals surface area contributed by atoms with Gasteiger partial charge in [-0.15, -0.1) is 0 Å². The van der Waals surface area contributed by atoms with Crippen molar-refractivity contribution < 1.29 is 18.0 Å². The summed E-state index contributed by atoms with van der Waals surface area (Å²) < 4.78 is 40.0. The number of nitrogens with zero attached hydrogens (tertiary/aromatic N) is 2. The molecule has 1 heterocycles. The first-order valence-electron chi connectivity index (χ1n) is 9.20. The fraction of sp³-hybridized carbons (Fsp3) is 0.526. The molecule has 0 bridgehead atoms. The first-order chi connectivity index (χ1) is 12.8. The summed E-state index contributed by atoms with van der Waals surface area (Å²) in [4.78, 5) is 24.9. The Balaban J connectivity index is 1.91. The number of carbonyl (C=O) groups is 1. The average molecular weight is 381 g/mol. The van der Waals surface area contributed by atoms with Gasteiger partial charge in [0, 0.05) is 11.4 Å². The summed E-state index contributed by atoms with van der Waals surface area (Å²) in [5.41, 5.74) is -1.02. The second-order valence-corrected chi connectivity index (χ2v) is 6.92. The minimum absolute atomic E-state index is 0.113. The van der Waals surface area contributed by atoms with Gasteiger partial charge in [-0.1, -0.05) is 26.2 Å². The van der Waals surface area contributed by atoms with Gasteiger partial charge in [0.1, 0.15) is 6.54 Å². The fourth-order valence-corrected chi connectivity index (χ4v) is 3.55. The zero-order chi connectivity index (χ0) is 19.6. The van der Waals surface area contributed by atoms with Crippen LogP contribution < -0.4 is 10.9 Å². The van der Waals surface area contributed by atoms with Crippen molar-refractivity contribution in [3.05, 3.63) is 39.8 Å². The van der Waals surface area contributed by atoms with E-state index in [0.29, 0.717) is 12.1 Å². The SMILES string of the molecule is CCc1nn(CC(=O)NC2CCCCC2)c(=O)c2ccc(C(F)(F)F)cc12. The highest BCUT2D eigenvalue weighted by Gasteiger charge is 2.31. The van der Waals surface area contributed by atoms with E-state index in [1.54, 1.807) is 6.92 Å². The molecule has 0 aliphatic heterocycles. The summed E-state index contributed by atoms with van der Waals surface area (Å²) in [6.45, 7) is 1.51. The predicted octanol–water partition coefficient (Wildman–Crippen LogP) is 3.43. The molecule has 3 rings (SSSR count). The number of alkyl halides is 3. The maximum atomic E-state index is 13.0. The van der Waals surface area contributed by atoms with Crippen LogP contribution in [0, 0.1) is 0 Å². The molecule has 1 amide bonds. The Morgan fingerprint density at radius 2 is 1.93 bits per heavy atom. The summed E-state index contributed by atoms with van der Waals surface area (Å²) in [6.07, 6.45) is 1.01. The highest BCUT2D eigenvalue weighted by Crippen LogP contribution is 2.31. The largest absolute Gasteiger partial charge is 0.416 e. The van der Waals surface area contributed by atoms with Gasteiger partial charge >= 0.3 is 6.18 Å². The number of benzene rings is 1. The van der Waals surface area contributed by atoms with Crippen molar-refractivity contribution in [3.63, 3.8) is 0 Å². The van der Waals surface area contributed by atoms with Gasteiger partial charge in [-0.25, -0.2) is 4.68 Å². The summed E-state index contributed by atoms with van der Waals surface area (Å²) in [6, 6.07) is 3.11. The van der Waals surface area contributed by atoms with Crippen molar-refractivity contribution in [2.75, 3.05) is 0 Å². The van der Waals surface area contributed by atoms with Crippen molar-refractivity contribution in [2.24, 2.45) is 0 Å². The monoisotopic (exact) mass is 381 g/mol. The van der Waals surface area contributed by atoms with Crippen LogP contribution in [0.1, 0.15) is 50.3 Å². The van der Waals surface area contributed by atoms with Crippen LogP contribution in [0.2, 0.25) is 0 Å². The number of hydrogen-bond acceptors (Lipinski definition) is 3. The Hall–Kier alpha value is -2.38. The zero-order valence-electron chi connectivity index (χ0n) is 15.1. The quantitative estimate of drug-likeness (QED) is 0.883. The number of halogens is 3. The lowest BCUT2D eigenvalue weighted by Gasteiger charge is -2.22. The molecule has 1 saturated carbocycles. The topological polar surface area (TPSA) is 64.0 Å². The molecule has 1 aliphatic carbocycles. The van der Waals surface area contributed by atoms with Gasteiger partial charge in [0.15, 0.2) is 0 Å². The Bertz CT molecular complexity index is 899. The second kappa shape index (κ2) is 7.70. The highest BCUT2D eigenvalue weighted by atomic mass is 19.4. The number of amides is 1. The lowest BCUT2D eigenvalue weighted by atomic mass is 9.95. The van der Waals surface area contributed by atoms with Crippen LogP contribution in [0.3, 0.4) is 0 Å². The Morgan fingerprint density at radius 3 is 2.56 bits per heavy atom. The Kier molecular flexibility index (Phi) is 5.53. The zero-order valence-corrected chi connectivity index (χ0v) is 15.1. The lowest BCUT2D eigenvalue weighted by molar-refractivity contribution is -0.137. The van der Waals surface area contributed by atoms with E-state index in [-0.39, 0.29) is 29.3 Å². The smallest absolute Gasteiger partial charge is 0.352 e. The number of hydrogen-bond donors (Lipinski definition) is 1. The Morgan fingerprint density at radius 1 is 1.22 bits per heavy atom.